The van der Waals surface area contributed by atoms with Crippen LogP contribution in [0.15, 0.2) is 36.2 Å². The van der Waals surface area contributed by atoms with E-state index < -0.39 is 0 Å². The van der Waals surface area contributed by atoms with Crippen LogP contribution in [0, 0.1) is 5.92 Å². The highest BCUT2D eigenvalue weighted by Crippen LogP contribution is 2.34. The van der Waals surface area contributed by atoms with Gasteiger partial charge in [-0.15, -0.1) is 0 Å². The van der Waals surface area contributed by atoms with E-state index in [-0.39, 0.29) is 12.1 Å². The Bertz CT molecular complexity index is 529. The maximum absolute atomic E-state index is 13.1. The zero-order valence-electron chi connectivity index (χ0n) is 14.7. The van der Waals surface area contributed by atoms with Crippen LogP contribution in [0.4, 0.5) is 4.39 Å². The van der Waals surface area contributed by atoms with Crippen LogP contribution in [0.25, 0.3) is 0 Å². The van der Waals surface area contributed by atoms with Gasteiger partial charge in [-0.25, -0.2) is 4.39 Å². The molecule has 1 atom stereocenters. The molecule has 1 unspecified atom stereocenters. The molecule has 0 radical (unpaired) electrons. The van der Waals surface area contributed by atoms with Crippen molar-refractivity contribution in [2.45, 2.75) is 64.1 Å². The molecule has 132 valence electrons. The van der Waals surface area contributed by atoms with Crippen LogP contribution >= 0.6 is 0 Å². The molecule has 1 saturated heterocycles. The predicted octanol–water partition coefficient (Wildman–Crippen LogP) is 6.05. The Morgan fingerprint density at radius 1 is 1.04 bits per heavy atom. The predicted molar refractivity (Wildman–Crippen MR) is 94.5 cm³/mol. The largest absolute Gasteiger partial charge is 0.348 e. The molecule has 0 N–H and O–H groups in total. The van der Waals surface area contributed by atoms with Crippen LogP contribution in [0.2, 0.25) is 0 Å². The second-order valence-electron chi connectivity index (χ2n) is 7.15. The smallest absolute Gasteiger partial charge is 0.183 e. The third kappa shape index (κ3) is 4.67. The molecule has 1 heterocycles. The van der Waals surface area contributed by atoms with Crippen LogP contribution in [-0.4, -0.2) is 13.2 Å². The fraction of sp³-hybridized carbons (Fsp3) is 0.619. The first-order valence-corrected chi connectivity index (χ1v) is 9.44. The van der Waals surface area contributed by atoms with E-state index >= 15 is 0 Å². The van der Waals surface area contributed by atoms with Gasteiger partial charge in [0.2, 0.25) is 0 Å². The first-order chi connectivity index (χ1) is 11.8. The van der Waals surface area contributed by atoms with Crippen molar-refractivity contribution in [3.63, 3.8) is 0 Å². The Morgan fingerprint density at radius 2 is 1.75 bits per heavy atom. The zero-order valence-corrected chi connectivity index (χ0v) is 14.7. The Hall–Kier alpha value is -1.19. The van der Waals surface area contributed by atoms with Crippen molar-refractivity contribution in [2.75, 3.05) is 13.2 Å². The summed E-state index contributed by atoms with van der Waals surface area (Å²) in [4.78, 5) is 0. The Balaban J connectivity index is 1.50. The van der Waals surface area contributed by atoms with Crippen LogP contribution in [0.3, 0.4) is 0 Å². The van der Waals surface area contributed by atoms with Crippen molar-refractivity contribution < 1.29 is 13.9 Å². The number of allylic oxidation sites excluding steroid dienone is 2. The van der Waals surface area contributed by atoms with Crippen molar-refractivity contribution in [1.29, 1.82) is 0 Å². The number of rotatable bonds is 6. The van der Waals surface area contributed by atoms with Gasteiger partial charge < -0.3 is 9.47 Å². The van der Waals surface area contributed by atoms with Crippen molar-refractivity contribution in [1.82, 2.24) is 0 Å². The highest BCUT2D eigenvalue weighted by molar-refractivity contribution is 5.27. The molecule has 0 bridgehead atoms. The van der Waals surface area contributed by atoms with E-state index in [1.165, 1.54) is 31.2 Å². The van der Waals surface area contributed by atoms with E-state index in [9.17, 15) is 4.39 Å². The lowest BCUT2D eigenvalue weighted by atomic mass is 9.87. The molecule has 3 rings (SSSR count). The lowest BCUT2D eigenvalue weighted by molar-refractivity contribution is -0.206. The van der Waals surface area contributed by atoms with Gasteiger partial charge in [-0.2, -0.15) is 0 Å². The minimum Gasteiger partial charge on any atom is -0.348 e. The number of unbranched alkanes of at least 4 members (excludes halogenated alkanes) is 2. The highest BCUT2D eigenvalue weighted by Gasteiger charge is 2.23. The molecule has 24 heavy (non-hydrogen) atoms. The molecular weight excluding hydrogens is 303 g/mol. The van der Waals surface area contributed by atoms with Crippen LogP contribution in [0.5, 0.6) is 0 Å². The molecule has 1 fully saturated rings. The number of halogens is 1. The van der Waals surface area contributed by atoms with Gasteiger partial charge in [0.25, 0.3) is 0 Å². The molecule has 2 nitrogen and oxygen atoms in total. The summed E-state index contributed by atoms with van der Waals surface area (Å²) in [5.74, 6) is 1.02. The van der Waals surface area contributed by atoms with Gasteiger partial charge in [0.15, 0.2) is 6.29 Å². The van der Waals surface area contributed by atoms with Crippen molar-refractivity contribution in [3.8, 4) is 0 Å². The third-order valence-electron chi connectivity index (χ3n) is 5.22. The molecule has 2 aliphatic rings. The second-order valence-corrected chi connectivity index (χ2v) is 7.15. The minimum absolute atomic E-state index is 0.0420. The number of hydrogen-bond acceptors (Lipinski definition) is 2. The summed E-state index contributed by atoms with van der Waals surface area (Å²) >= 11 is 0. The summed E-state index contributed by atoms with van der Waals surface area (Å²) < 4.78 is 25.0. The Labute approximate surface area is 145 Å². The van der Waals surface area contributed by atoms with E-state index in [1.54, 1.807) is 6.08 Å². The summed E-state index contributed by atoms with van der Waals surface area (Å²) in [7, 11) is 0. The van der Waals surface area contributed by atoms with E-state index in [1.807, 2.05) is 0 Å². The molecule has 0 aromatic heterocycles. The van der Waals surface area contributed by atoms with Gasteiger partial charge >= 0.3 is 0 Å². The fourth-order valence-corrected chi connectivity index (χ4v) is 3.62. The van der Waals surface area contributed by atoms with E-state index in [2.05, 4.69) is 31.2 Å². The van der Waals surface area contributed by atoms with Crippen LogP contribution in [0.1, 0.15) is 75.2 Å². The number of hydrogen-bond donors (Lipinski definition) is 0. The summed E-state index contributed by atoms with van der Waals surface area (Å²) in [5.41, 5.74) is 2.37. The molecule has 0 amide bonds. The first kappa shape index (κ1) is 17.6. The summed E-state index contributed by atoms with van der Waals surface area (Å²) in [6, 6.07) is 8.51. The van der Waals surface area contributed by atoms with E-state index in [0.29, 0.717) is 18.3 Å². The summed E-state index contributed by atoms with van der Waals surface area (Å²) in [5, 5.41) is 0. The highest BCUT2D eigenvalue weighted by atomic mass is 19.1. The third-order valence-corrected chi connectivity index (χ3v) is 5.22. The molecule has 0 saturated carbocycles. The summed E-state index contributed by atoms with van der Waals surface area (Å²) in [6.45, 7) is 3.82. The van der Waals surface area contributed by atoms with Crippen molar-refractivity contribution >= 4 is 0 Å². The van der Waals surface area contributed by atoms with Gasteiger partial charge in [0, 0.05) is 11.5 Å². The normalized spacial score (nSPS) is 27.8. The van der Waals surface area contributed by atoms with Crippen LogP contribution < -0.4 is 0 Å². The van der Waals surface area contributed by atoms with Crippen molar-refractivity contribution in [2.24, 2.45) is 5.92 Å². The lowest BCUT2D eigenvalue weighted by Gasteiger charge is -2.30. The average molecular weight is 332 g/mol. The molecule has 1 aromatic rings. The SMILES string of the molecule is CCCCC[C@H]1CO[C@H](c2ccc(C3CC=C(F)CC3)cc2)OC1. The molecule has 0 spiro atoms. The average Bonchev–Trinajstić information content (AvgIpc) is 2.63. The minimum atomic E-state index is -0.231. The molecule has 1 aliphatic heterocycles. The van der Waals surface area contributed by atoms with Crippen molar-refractivity contribution in [3.05, 3.63) is 47.3 Å². The maximum Gasteiger partial charge on any atom is 0.183 e. The zero-order chi connectivity index (χ0) is 16.8. The quantitative estimate of drug-likeness (QED) is 0.590. The molecular formula is C21H29FO2. The standard InChI is InChI=1S/C21H29FO2/c1-2-3-4-5-16-14-23-21(24-15-16)19-8-6-17(7-9-19)18-10-12-20(22)13-11-18/h6-9,12,16,18,21H,2-5,10-11,13-15H2,1H3/t16-,18?,21-. The van der Waals surface area contributed by atoms with Crippen LogP contribution in [-0.2, 0) is 9.47 Å². The monoisotopic (exact) mass is 332 g/mol. The molecule has 1 aliphatic carbocycles. The Kier molecular flexibility index (Phi) is 6.44. The van der Waals surface area contributed by atoms with Gasteiger partial charge in [-0.3, -0.25) is 0 Å². The summed E-state index contributed by atoms with van der Waals surface area (Å²) in [6.07, 6.45) is 8.79. The van der Waals surface area contributed by atoms with Gasteiger partial charge in [-0.1, -0.05) is 56.5 Å². The van der Waals surface area contributed by atoms with E-state index in [0.717, 1.165) is 31.6 Å². The molecule has 1 aromatic carbocycles. The van der Waals surface area contributed by atoms with E-state index in [4.69, 9.17) is 9.47 Å². The fourth-order valence-electron chi connectivity index (χ4n) is 3.62. The molecule has 3 heteroatoms. The lowest BCUT2D eigenvalue weighted by Crippen LogP contribution is -2.27. The van der Waals surface area contributed by atoms with Gasteiger partial charge in [0.05, 0.1) is 19.0 Å². The topological polar surface area (TPSA) is 18.5 Å². The number of ether oxygens (including phenoxy) is 2. The second kappa shape index (κ2) is 8.77. The first-order valence-electron chi connectivity index (χ1n) is 9.44. The van der Waals surface area contributed by atoms with Gasteiger partial charge in [0.1, 0.15) is 0 Å². The Morgan fingerprint density at radius 3 is 2.38 bits per heavy atom. The van der Waals surface area contributed by atoms with Gasteiger partial charge in [-0.05, 0) is 37.2 Å². The maximum atomic E-state index is 13.1. The number of benzene rings is 1.